The number of tetrazole rings is 1. The highest BCUT2D eigenvalue weighted by Crippen LogP contribution is 2.36. The third-order valence-electron chi connectivity index (χ3n) is 5.59. The number of hydrogen-bond donors (Lipinski definition) is 1. The molecule has 0 bridgehead atoms. The highest BCUT2D eigenvalue weighted by molar-refractivity contribution is 5.91. The summed E-state index contributed by atoms with van der Waals surface area (Å²) >= 11 is 0. The molecule has 9 nitrogen and oxygen atoms in total. The van der Waals surface area contributed by atoms with Crippen molar-refractivity contribution in [1.29, 1.82) is 0 Å². The maximum atomic E-state index is 12.7. The van der Waals surface area contributed by atoms with Crippen molar-refractivity contribution in [2.24, 2.45) is 0 Å². The van der Waals surface area contributed by atoms with Gasteiger partial charge in [-0.1, -0.05) is 24.3 Å². The molecule has 9 heteroatoms. The first kappa shape index (κ1) is 19.2. The Labute approximate surface area is 178 Å². The van der Waals surface area contributed by atoms with Crippen molar-refractivity contribution in [3.05, 3.63) is 59.0 Å². The average molecular weight is 417 g/mol. The molecule has 4 aromatic rings. The Kier molecular flexibility index (Phi) is 4.85. The van der Waals surface area contributed by atoms with Crippen LogP contribution in [0.2, 0.25) is 0 Å². The van der Waals surface area contributed by atoms with E-state index < -0.39 is 0 Å². The lowest BCUT2D eigenvalue weighted by Crippen LogP contribution is -2.25. The van der Waals surface area contributed by atoms with Gasteiger partial charge in [-0.15, -0.1) is 5.10 Å². The Balaban J connectivity index is 1.31. The first-order valence-electron chi connectivity index (χ1n) is 10.5. The van der Waals surface area contributed by atoms with Crippen LogP contribution in [0, 0.1) is 0 Å². The van der Waals surface area contributed by atoms with E-state index in [0.717, 1.165) is 29.4 Å². The monoisotopic (exact) mass is 417 g/mol. The molecular weight excluding hydrogens is 394 g/mol. The van der Waals surface area contributed by atoms with Crippen LogP contribution in [-0.2, 0) is 17.9 Å². The molecule has 0 radical (unpaired) electrons. The van der Waals surface area contributed by atoms with Gasteiger partial charge in [0.25, 0.3) is 0 Å². The molecule has 1 aliphatic rings. The molecule has 0 unspecified atom stereocenters. The largest absolute Gasteiger partial charge is 0.329 e. The molecule has 1 amide bonds. The van der Waals surface area contributed by atoms with Crippen LogP contribution < -0.4 is 11.0 Å². The summed E-state index contributed by atoms with van der Waals surface area (Å²) in [5, 5.41) is 15.0. The number of carbonyl (C=O) groups excluding carboxylic acids is 1. The fourth-order valence-corrected chi connectivity index (χ4v) is 3.92. The number of anilines is 1. The van der Waals surface area contributed by atoms with Crippen molar-refractivity contribution in [2.75, 3.05) is 5.32 Å². The number of aryl methyl sites for hydroxylation is 2. The molecule has 0 atom stereocenters. The number of imidazole rings is 1. The van der Waals surface area contributed by atoms with Gasteiger partial charge in [-0.05, 0) is 54.5 Å². The molecule has 0 aliphatic heterocycles. The maximum absolute atomic E-state index is 12.7. The van der Waals surface area contributed by atoms with Gasteiger partial charge in [0, 0.05) is 30.8 Å². The number of nitrogens with zero attached hydrogens (tertiary/aromatic N) is 6. The lowest BCUT2D eigenvalue weighted by Gasteiger charge is -2.08. The Morgan fingerprint density at radius 3 is 2.61 bits per heavy atom. The zero-order chi connectivity index (χ0) is 21.4. The molecule has 1 fully saturated rings. The van der Waals surface area contributed by atoms with E-state index in [1.165, 1.54) is 0 Å². The first-order valence-corrected chi connectivity index (χ1v) is 10.5. The number of hydrogen-bond acceptors (Lipinski definition) is 5. The van der Waals surface area contributed by atoms with Gasteiger partial charge in [0.05, 0.1) is 17.1 Å². The number of carbonyl (C=O) groups is 1. The zero-order valence-corrected chi connectivity index (χ0v) is 17.2. The number of fused-ring (bicyclic) bond motifs is 1. The van der Waals surface area contributed by atoms with E-state index in [1.807, 2.05) is 60.1 Å². The third-order valence-corrected chi connectivity index (χ3v) is 5.59. The van der Waals surface area contributed by atoms with Crippen LogP contribution in [0.4, 0.5) is 5.69 Å². The number of aromatic nitrogens is 6. The van der Waals surface area contributed by atoms with Crippen LogP contribution in [0.5, 0.6) is 0 Å². The second-order valence-electron chi connectivity index (χ2n) is 7.72. The van der Waals surface area contributed by atoms with Gasteiger partial charge in [-0.2, -0.15) is 0 Å². The molecule has 2 aromatic heterocycles. The molecule has 158 valence electrons. The van der Waals surface area contributed by atoms with Crippen LogP contribution in [-0.4, -0.2) is 35.2 Å². The van der Waals surface area contributed by atoms with Gasteiger partial charge in [0.15, 0.2) is 5.82 Å². The summed E-state index contributed by atoms with van der Waals surface area (Å²) in [6.07, 6.45) is 2.37. The summed E-state index contributed by atoms with van der Waals surface area (Å²) in [7, 11) is 0. The number of benzene rings is 2. The van der Waals surface area contributed by atoms with Crippen molar-refractivity contribution >= 4 is 22.6 Å². The van der Waals surface area contributed by atoms with E-state index in [2.05, 4.69) is 20.8 Å². The van der Waals surface area contributed by atoms with Crippen molar-refractivity contribution in [3.63, 3.8) is 0 Å². The number of amides is 1. The van der Waals surface area contributed by atoms with Gasteiger partial charge in [0.1, 0.15) is 0 Å². The lowest BCUT2D eigenvalue weighted by molar-refractivity contribution is -0.116. The zero-order valence-electron chi connectivity index (χ0n) is 17.2. The maximum Gasteiger partial charge on any atom is 0.329 e. The molecule has 1 N–H and O–H groups in total. The molecule has 2 aromatic carbocycles. The van der Waals surface area contributed by atoms with E-state index in [0.29, 0.717) is 30.6 Å². The molecule has 0 saturated heterocycles. The minimum Gasteiger partial charge on any atom is -0.326 e. The highest BCUT2D eigenvalue weighted by atomic mass is 16.2. The van der Waals surface area contributed by atoms with Crippen LogP contribution in [0.1, 0.15) is 32.2 Å². The Morgan fingerprint density at radius 1 is 1.10 bits per heavy atom. The van der Waals surface area contributed by atoms with Crippen LogP contribution in [0.25, 0.3) is 22.4 Å². The SMILES string of the molecule is CCn1c(=O)n(CCC(=O)Nc2cccc(-c3nnnn3C3CC3)c2)c2ccccc21. The fraction of sp³-hybridized carbons (Fsp3) is 0.318. The molecule has 1 saturated carbocycles. The van der Waals surface area contributed by atoms with Crippen molar-refractivity contribution < 1.29 is 4.79 Å². The number of nitrogens with one attached hydrogen (secondary N) is 1. The molecule has 1 aliphatic carbocycles. The predicted molar refractivity (Wildman–Crippen MR) is 117 cm³/mol. The fourth-order valence-electron chi connectivity index (χ4n) is 3.92. The van der Waals surface area contributed by atoms with Crippen molar-refractivity contribution in [1.82, 2.24) is 29.3 Å². The third kappa shape index (κ3) is 3.63. The van der Waals surface area contributed by atoms with Crippen LogP contribution in [0.3, 0.4) is 0 Å². The summed E-state index contributed by atoms with van der Waals surface area (Å²) < 4.78 is 5.23. The average Bonchev–Trinajstić information content (AvgIpc) is 3.44. The summed E-state index contributed by atoms with van der Waals surface area (Å²) in [6, 6.07) is 15.5. The van der Waals surface area contributed by atoms with Gasteiger partial charge in [0.2, 0.25) is 5.91 Å². The molecular formula is C22H23N7O2. The van der Waals surface area contributed by atoms with E-state index in [9.17, 15) is 9.59 Å². The van der Waals surface area contributed by atoms with E-state index in [-0.39, 0.29) is 18.0 Å². The number of rotatable bonds is 7. The molecule has 2 heterocycles. The van der Waals surface area contributed by atoms with Crippen LogP contribution >= 0.6 is 0 Å². The topological polar surface area (TPSA) is 99.6 Å². The highest BCUT2D eigenvalue weighted by Gasteiger charge is 2.28. The van der Waals surface area contributed by atoms with Gasteiger partial charge in [-0.3, -0.25) is 13.9 Å². The summed E-state index contributed by atoms with van der Waals surface area (Å²) in [5.74, 6) is 0.552. The Hall–Kier alpha value is -3.75. The van der Waals surface area contributed by atoms with Crippen LogP contribution in [0.15, 0.2) is 53.3 Å². The minimum absolute atomic E-state index is 0.0922. The second kappa shape index (κ2) is 7.82. The van der Waals surface area contributed by atoms with Gasteiger partial charge < -0.3 is 5.32 Å². The van der Waals surface area contributed by atoms with E-state index in [4.69, 9.17) is 0 Å². The van der Waals surface area contributed by atoms with Gasteiger partial charge in [-0.25, -0.2) is 9.48 Å². The van der Waals surface area contributed by atoms with E-state index >= 15 is 0 Å². The van der Waals surface area contributed by atoms with E-state index in [1.54, 1.807) is 9.13 Å². The van der Waals surface area contributed by atoms with Gasteiger partial charge >= 0.3 is 5.69 Å². The Bertz CT molecular complexity index is 1310. The smallest absolute Gasteiger partial charge is 0.326 e. The molecule has 0 spiro atoms. The summed E-state index contributed by atoms with van der Waals surface area (Å²) in [4.78, 5) is 25.3. The minimum atomic E-state index is -0.154. The number of para-hydroxylation sites is 2. The first-order chi connectivity index (χ1) is 15.2. The summed E-state index contributed by atoms with van der Waals surface area (Å²) in [5.41, 5.74) is 3.17. The molecule has 31 heavy (non-hydrogen) atoms. The quantitative estimate of drug-likeness (QED) is 0.498. The van der Waals surface area contributed by atoms with Crippen molar-refractivity contribution in [3.8, 4) is 11.4 Å². The lowest BCUT2D eigenvalue weighted by atomic mass is 10.2. The predicted octanol–water partition coefficient (Wildman–Crippen LogP) is 2.84. The normalized spacial score (nSPS) is 13.6. The second-order valence-corrected chi connectivity index (χ2v) is 7.72. The molecule has 5 rings (SSSR count). The Morgan fingerprint density at radius 2 is 1.87 bits per heavy atom. The van der Waals surface area contributed by atoms with Crippen molar-refractivity contribution in [2.45, 2.75) is 45.3 Å². The standard InChI is InChI=1S/C22H23N7O2/c1-2-27-18-8-3-4-9-19(18)28(22(27)31)13-12-20(30)23-16-7-5-6-15(14-16)21-24-25-26-29(21)17-10-11-17/h3-9,14,17H,2,10-13H2,1H3,(H,23,30). The summed E-state index contributed by atoms with van der Waals surface area (Å²) in [6.45, 7) is 2.85.